The Balaban J connectivity index is 3.65. The van der Waals surface area contributed by atoms with Crippen LogP contribution in [0.3, 0.4) is 0 Å². The molecule has 0 aromatic heterocycles. The lowest BCUT2D eigenvalue weighted by atomic mass is 10.3. The van der Waals surface area contributed by atoms with Gasteiger partial charge in [-0.1, -0.05) is 20.8 Å². The maximum Gasteiger partial charge on any atom is 0.304 e. The molecule has 0 aliphatic heterocycles. The van der Waals surface area contributed by atoms with E-state index in [0.29, 0.717) is 5.25 Å². The van der Waals surface area contributed by atoms with E-state index >= 15 is 0 Å². The lowest BCUT2D eigenvalue weighted by molar-refractivity contribution is -0.136. The fourth-order valence-electron chi connectivity index (χ4n) is 1.10. The average Bonchev–Trinajstić information content (AvgIpc) is 1.98. The van der Waals surface area contributed by atoms with E-state index in [9.17, 15) is 4.79 Å². The van der Waals surface area contributed by atoms with Crippen molar-refractivity contribution in [3.63, 3.8) is 0 Å². The number of thioether (sulfide) groups is 1. The van der Waals surface area contributed by atoms with E-state index in [1.807, 2.05) is 6.92 Å². The first-order chi connectivity index (χ1) is 5.60. The SMILES string of the molecule is CCC(CC)SC(C)CC(=O)O. The molecule has 0 bridgehead atoms. The molecule has 0 saturated heterocycles. The first kappa shape index (κ1) is 11.8. The summed E-state index contributed by atoms with van der Waals surface area (Å²) in [5.41, 5.74) is 0. The van der Waals surface area contributed by atoms with Crippen LogP contribution < -0.4 is 0 Å². The van der Waals surface area contributed by atoms with Gasteiger partial charge in [-0.05, 0) is 12.8 Å². The van der Waals surface area contributed by atoms with Gasteiger partial charge < -0.3 is 5.11 Å². The van der Waals surface area contributed by atoms with Gasteiger partial charge in [0.25, 0.3) is 0 Å². The summed E-state index contributed by atoms with van der Waals surface area (Å²) < 4.78 is 0. The average molecular weight is 190 g/mol. The molecule has 2 nitrogen and oxygen atoms in total. The van der Waals surface area contributed by atoms with Crippen molar-refractivity contribution in [2.75, 3.05) is 0 Å². The molecule has 0 amide bonds. The molecule has 0 heterocycles. The lowest BCUT2D eigenvalue weighted by Crippen LogP contribution is -2.10. The minimum atomic E-state index is -0.694. The van der Waals surface area contributed by atoms with Gasteiger partial charge in [0.1, 0.15) is 0 Å². The summed E-state index contributed by atoms with van der Waals surface area (Å²) in [5.74, 6) is -0.694. The van der Waals surface area contributed by atoms with Crippen LogP contribution in [0, 0.1) is 0 Å². The summed E-state index contributed by atoms with van der Waals surface area (Å²) in [7, 11) is 0. The Morgan fingerprint density at radius 3 is 2.25 bits per heavy atom. The summed E-state index contributed by atoms with van der Waals surface area (Å²) in [4.78, 5) is 10.4. The minimum Gasteiger partial charge on any atom is -0.481 e. The summed E-state index contributed by atoms with van der Waals surface area (Å²) >= 11 is 1.79. The maximum absolute atomic E-state index is 10.4. The van der Waals surface area contributed by atoms with Gasteiger partial charge in [0, 0.05) is 10.5 Å². The molecule has 0 aromatic rings. The molecule has 0 saturated carbocycles. The topological polar surface area (TPSA) is 37.3 Å². The number of carboxylic acid groups (broad SMARTS) is 1. The van der Waals surface area contributed by atoms with Crippen molar-refractivity contribution in [2.24, 2.45) is 0 Å². The Morgan fingerprint density at radius 1 is 1.42 bits per heavy atom. The second-order valence-electron chi connectivity index (χ2n) is 2.98. The van der Waals surface area contributed by atoms with Crippen molar-refractivity contribution in [1.82, 2.24) is 0 Å². The fraction of sp³-hybridized carbons (Fsp3) is 0.889. The van der Waals surface area contributed by atoms with Crippen molar-refractivity contribution in [2.45, 2.75) is 50.5 Å². The Morgan fingerprint density at radius 2 is 1.92 bits per heavy atom. The number of carbonyl (C=O) groups is 1. The van der Waals surface area contributed by atoms with Crippen LogP contribution in [0.5, 0.6) is 0 Å². The third-order valence-corrected chi connectivity index (χ3v) is 3.48. The first-order valence-corrected chi connectivity index (χ1v) is 5.41. The summed E-state index contributed by atoms with van der Waals surface area (Å²) in [5, 5.41) is 9.40. The van der Waals surface area contributed by atoms with Crippen LogP contribution in [0.2, 0.25) is 0 Å². The molecule has 0 aliphatic rings. The van der Waals surface area contributed by atoms with E-state index in [0.717, 1.165) is 12.8 Å². The smallest absolute Gasteiger partial charge is 0.304 e. The summed E-state index contributed by atoms with van der Waals surface area (Å²) in [6.07, 6.45) is 2.54. The summed E-state index contributed by atoms with van der Waals surface area (Å²) in [6.45, 7) is 6.28. The van der Waals surface area contributed by atoms with Gasteiger partial charge in [0.2, 0.25) is 0 Å². The van der Waals surface area contributed by atoms with Gasteiger partial charge in [0.05, 0.1) is 6.42 Å². The summed E-state index contributed by atoms with van der Waals surface area (Å²) in [6, 6.07) is 0. The standard InChI is InChI=1S/C9H18O2S/c1-4-8(5-2)12-7(3)6-9(10)11/h7-8H,4-6H2,1-3H3,(H,10,11). The normalized spacial score (nSPS) is 13.3. The van der Waals surface area contributed by atoms with Gasteiger partial charge in [-0.2, -0.15) is 11.8 Å². The van der Waals surface area contributed by atoms with E-state index in [-0.39, 0.29) is 11.7 Å². The van der Waals surface area contributed by atoms with Crippen LogP contribution in [-0.2, 0) is 4.79 Å². The zero-order valence-corrected chi connectivity index (χ0v) is 8.86. The number of hydrogen-bond acceptors (Lipinski definition) is 2. The largest absolute Gasteiger partial charge is 0.481 e. The van der Waals surface area contributed by atoms with Crippen molar-refractivity contribution in [3.05, 3.63) is 0 Å². The Hall–Kier alpha value is -0.180. The minimum absolute atomic E-state index is 0.243. The van der Waals surface area contributed by atoms with Gasteiger partial charge in [-0.25, -0.2) is 0 Å². The fourth-order valence-corrected chi connectivity index (χ4v) is 2.38. The molecule has 0 aliphatic carbocycles. The molecule has 0 rings (SSSR count). The zero-order valence-electron chi connectivity index (χ0n) is 8.04. The number of rotatable bonds is 6. The molecule has 0 aromatic carbocycles. The van der Waals surface area contributed by atoms with E-state index in [1.165, 1.54) is 0 Å². The highest BCUT2D eigenvalue weighted by Gasteiger charge is 2.12. The number of aliphatic carboxylic acids is 1. The highest BCUT2D eigenvalue weighted by molar-refractivity contribution is 8.00. The second kappa shape index (κ2) is 6.35. The highest BCUT2D eigenvalue weighted by Crippen LogP contribution is 2.24. The molecule has 1 N–H and O–H groups in total. The molecule has 0 spiro atoms. The first-order valence-electron chi connectivity index (χ1n) is 4.47. The van der Waals surface area contributed by atoms with E-state index in [1.54, 1.807) is 11.8 Å². The third kappa shape index (κ3) is 5.47. The van der Waals surface area contributed by atoms with E-state index in [4.69, 9.17) is 5.11 Å². The van der Waals surface area contributed by atoms with Crippen LogP contribution in [-0.4, -0.2) is 21.6 Å². The van der Waals surface area contributed by atoms with E-state index in [2.05, 4.69) is 13.8 Å². The molecular formula is C9H18O2S. The van der Waals surface area contributed by atoms with Gasteiger partial charge >= 0.3 is 5.97 Å². The van der Waals surface area contributed by atoms with Crippen LogP contribution in [0.4, 0.5) is 0 Å². The van der Waals surface area contributed by atoms with Crippen LogP contribution >= 0.6 is 11.8 Å². The number of carboxylic acids is 1. The Bertz CT molecular complexity index is 132. The number of hydrogen-bond donors (Lipinski definition) is 1. The van der Waals surface area contributed by atoms with Crippen molar-refractivity contribution >= 4 is 17.7 Å². The van der Waals surface area contributed by atoms with Crippen LogP contribution in [0.15, 0.2) is 0 Å². The monoisotopic (exact) mass is 190 g/mol. The predicted octanol–water partition coefficient (Wildman–Crippen LogP) is 2.77. The molecular weight excluding hydrogens is 172 g/mol. The highest BCUT2D eigenvalue weighted by atomic mass is 32.2. The van der Waals surface area contributed by atoms with Crippen LogP contribution in [0.1, 0.15) is 40.0 Å². The molecule has 3 heteroatoms. The molecule has 0 fully saturated rings. The van der Waals surface area contributed by atoms with Crippen LogP contribution in [0.25, 0.3) is 0 Å². The van der Waals surface area contributed by atoms with Gasteiger partial charge in [0.15, 0.2) is 0 Å². The predicted molar refractivity (Wildman–Crippen MR) is 53.7 cm³/mol. The van der Waals surface area contributed by atoms with Gasteiger partial charge in [-0.3, -0.25) is 4.79 Å². The second-order valence-corrected chi connectivity index (χ2v) is 4.73. The van der Waals surface area contributed by atoms with Crippen molar-refractivity contribution < 1.29 is 9.90 Å². The molecule has 12 heavy (non-hydrogen) atoms. The van der Waals surface area contributed by atoms with Crippen molar-refractivity contribution in [3.8, 4) is 0 Å². The lowest BCUT2D eigenvalue weighted by Gasteiger charge is -2.16. The maximum atomic E-state index is 10.4. The zero-order chi connectivity index (χ0) is 9.56. The molecule has 1 atom stereocenters. The molecule has 1 unspecified atom stereocenters. The van der Waals surface area contributed by atoms with Crippen molar-refractivity contribution in [1.29, 1.82) is 0 Å². The Labute approximate surface area is 78.7 Å². The molecule has 0 radical (unpaired) electrons. The third-order valence-electron chi connectivity index (χ3n) is 1.80. The Kier molecular flexibility index (Phi) is 6.25. The van der Waals surface area contributed by atoms with Gasteiger partial charge in [-0.15, -0.1) is 0 Å². The quantitative estimate of drug-likeness (QED) is 0.699. The molecule has 72 valence electrons. The van der Waals surface area contributed by atoms with E-state index < -0.39 is 5.97 Å².